The highest BCUT2D eigenvalue weighted by Crippen LogP contribution is 2.42. The first-order valence-corrected chi connectivity index (χ1v) is 41.1. The van der Waals surface area contributed by atoms with Crippen LogP contribution in [-0.2, 0) is 60.0 Å². The molecule has 0 saturated heterocycles. The number of Topliss-reactive ketones (excluding diaryl/α,β-unsaturated/α-hetero) is 4. The van der Waals surface area contributed by atoms with E-state index >= 15 is 0 Å². The van der Waals surface area contributed by atoms with Crippen LogP contribution in [0.4, 0.5) is 0 Å². The van der Waals surface area contributed by atoms with Gasteiger partial charge in [-0.1, -0.05) is 46.0 Å². The van der Waals surface area contributed by atoms with Gasteiger partial charge < -0.3 is 18.9 Å². The van der Waals surface area contributed by atoms with Gasteiger partial charge >= 0.3 is 0 Å². The minimum absolute atomic E-state index is 0. The number of nitrogens with zero attached hydrogens (tertiary/aromatic N) is 16. The van der Waals surface area contributed by atoms with Crippen molar-refractivity contribution in [2.75, 3.05) is 0 Å². The molecule has 0 spiro atoms. The van der Waals surface area contributed by atoms with E-state index in [-0.39, 0.29) is 49.2 Å². The SMILES string of the molecule is C.C[C@@H](Oc1cc(-c2ccn(C)n2)cc2nn(C)cc12)[C@H]1CCC(=O)C1.C[C@@H](Oc1cc(-c2cnn(C(C)(C)C)c2)cc2nn(C)cc12)[C@H]1CCC(=O)C1.C[C@@H](Oc1cc(-c2cnn(C3CCCCC3)c2)cc2nn(C)cc12)[C@H]1CCC(=O)C1.C[C@@H](Oc1cc(-c2cnn(C3CCCCC3)c2)cc2nn(C)cc12)[C@H]1CCC(=O)C1. The molecule has 8 heterocycles. The summed E-state index contributed by atoms with van der Waals surface area (Å²) in [5, 5.41) is 40.7. The molecule has 8 aromatic heterocycles. The average Bonchev–Trinajstić information content (AvgIpc) is 1.65. The minimum atomic E-state index is -0.0732. The molecule has 6 saturated carbocycles. The molecule has 12 aromatic rings. The molecule has 0 N–H and O–H groups in total. The molecule has 24 heteroatoms. The number of hydrogen-bond donors (Lipinski definition) is 0. The van der Waals surface area contributed by atoms with Crippen LogP contribution >= 0.6 is 0 Å². The lowest BCUT2D eigenvalue weighted by Gasteiger charge is -2.22. The van der Waals surface area contributed by atoms with Crippen molar-refractivity contribution < 1.29 is 38.1 Å². The summed E-state index contributed by atoms with van der Waals surface area (Å²) in [5.74, 6) is 5.85. The van der Waals surface area contributed by atoms with Gasteiger partial charge in [-0.15, -0.1) is 0 Å². The molecule has 602 valence electrons. The Hall–Kier alpha value is -10.5. The van der Waals surface area contributed by atoms with Gasteiger partial charge in [-0.2, -0.15) is 40.8 Å². The molecular weight excluding hydrogens is 1430 g/mol. The van der Waals surface area contributed by atoms with Gasteiger partial charge in [0.05, 0.1) is 110 Å². The zero-order valence-corrected chi connectivity index (χ0v) is 67.8. The van der Waals surface area contributed by atoms with Gasteiger partial charge in [-0.3, -0.25) is 56.6 Å². The second kappa shape index (κ2) is 34.3. The van der Waals surface area contributed by atoms with Crippen LogP contribution in [0.2, 0.25) is 0 Å². The zero-order chi connectivity index (χ0) is 78.9. The third-order valence-corrected chi connectivity index (χ3v) is 24.2. The van der Waals surface area contributed by atoms with Crippen LogP contribution in [0.25, 0.3) is 88.2 Å². The van der Waals surface area contributed by atoms with E-state index in [9.17, 15) is 19.2 Å². The Labute approximate surface area is 668 Å². The number of rotatable bonds is 18. The maximum absolute atomic E-state index is 11.7. The summed E-state index contributed by atoms with van der Waals surface area (Å²) >= 11 is 0. The van der Waals surface area contributed by atoms with E-state index in [1.54, 1.807) is 9.36 Å². The van der Waals surface area contributed by atoms with Crippen LogP contribution in [0.1, 0.15) is 209 Å². The van der Waals surface area contributed by atoms with Crippen molar-refractivity contribution in [3.8, 4) is 67.6 Å². The largest absolute Gasteiger partial charge is 0.490 e. The molecule has 0 aliphatic heterocycles. The Morgan fingerprint density at radius 3 is 0.956 bits per heavy atom. The number of hydrogen-bond acceptors (Lipinski definition) is 16. The molecule has 24 nitrogen and oxygen atoms in total. The van der Waals surface area contributed by atoms with Gasteiger partial charge in [-0.25, -0.2) is 0 Å². The van der Waals surface area contributed by atoms with E-state index in [4.69, 9.17) is 18.9 Å². The second-order valence-electron chi connectivity index (χ2n) is 34.0. The Morgan fingerprint density at radius 1 is 0.360 bits per heavy atom. The molecule has 6 fully saturated rings. The van der Waals surface area contributed by atoms with E-state index in [2.05, 4.69) is 154 Å². The Kier molecular flexibility index (Phi) is 24.1. The van der Waals surface area contributed by atoms with Crippen LogP contribution in [0.5, 0.6) is 23.0 Å². The fraction of sp³-hybridized carbons (Fsp3) is 0.511. The predicted octanol–water partition coefficient (Wildman–Crippen LogP) is 18.2. The van der Waals surface area contributed by atoms with E-state index in [1.807, 2.05) is 122 Å². The Balaban J connectivity index is 0.000000126. The summed E-state index contributed by atoms with van der Waals surface area (Å²) in [6.07, 6.45) is 43.7. The minimum Gasteiger partial charge on any atom is -0.490 e. The fourth-order valence-corrected chi connectivity index (χ4v) is 17.5. The Bertz CT molecular complexity index is 5240. The summed E-state index contributed by atoms with van der Waals surface area (Å²) in [6.45, 7) is 14.7. The standard InChI is InChI=1S/2C24H30N4O2.C22H28N4O2.C19H22N4O2.CH4/c2*1-16(17-8-9-21(29)10-17)30-24-12-18(11-23-22(24)15-27(2)26-23)19-13-25-28(14-19)20-6-4-3-5-7-20;1-14(15-6-7-18(27)8-15)28-21-10-16(9-20-19(21)13-25(5)24-20)17-11-23-26(12-17)22(2,3)4;1-12(13-4-5-15(24)8-13)25-19-10-14(17-6-7-22(2)20-17)9-18-16(19)11-23(3)21-18;/h2*11-17,20H,3-10H2,1-2H3;9-15H,6-8H2,1-5H3;6-7,9-13H,4-5,8H2,1-3H3;1H4/t2*16-,17+;14-,15+;12-,13+;/m1111./s1. The van der Waals surface area contributed by atoms with Crippen LogP contribution in [0.15, 0.2) is 123 Å². The number of aromatic nitrogens is 16. The molecule has 6 aliphatic rings. The summed E-state index contributed by atoms with van der Waals surface area (Å²) in [7, 11) is 9.59. The number of carbonyl (C=O) groups excluding carboxylic acids is 4. The smallest absolute Gasteiger partial charge is 0.133 e. The van der Waals surface area contributed by atoms with Gasteiger partial charge in [0.15, 0.2) is 0 Å². The lowest BCUT2D eigenvalue weighted by Crippen LogP contribution is -2.22. The molecule has 8 atom stereocenters. The first kappa shape index (κ1) is 80.1. The summed E-state index contributed by atoms with van der Waals surface area (Å²) in [5.41, 5.74) is 11.8. The number of benzene rings is 4. The molecule has 0 bridgehead atoms. The van der Waals surface area contributed by atoms with Gasteiger partial charge in [-0.05, 0) is 171 Å². The molecular formula is C90H114N16O8. The molecule has 18 rings (SSSR count). The van der Waals surface area contributed by atoms with E-state index < -0.39 is 0 Å². The van der Waals surface area contributed by atoms with Crippen molar-refractivity contribution in [3.63, 3.8) is 0 Å². The summed E-state index contributed by atoms with van der Waals surface area (Å²) in [4.78, 5) is 46.7. The summed E-state index contributed by atoms with van der Waals surface area (Å²) < 4.78 is 40.8. The monoisotopic (exact) mass is 1550 g/mol. The van der Waals surface area contributed by atoms with Gasteiger partial charge in [0.2, 0.25) is 0 Å². The maximum Gasteiger partial charge on any atom is 0.133 e. The number of carbonyl (C=O) groups is 4. The maximum atomic E-state index is 11.7. The molecule has 0 radical (unpaired) electrons. The van der Waals surface area contributed by atoms with Crippen molar-refractivity contribution >= 4 is 66.7 Å². The second-order valence-corrected chi connectivity index (χ2v) is 34.0. The molecule has 0 unspecified atom stereocenters. The topological polar surface area (TPSA) is 248 Å². The third-order valence-electron chi connectivity index (χ3n) is 24.2. The summed E-state index contributed by atoms with van der Waals surface area (Å²) in [6, 6.07) is 19.7. The van der Waals surface area contributed by atoms with Crippen LogP contribution in [0.3, 0.4) is 0 Å². The fourth-order valence-electron chi connectivity index (χ4n) is 17.5. The van der Waals surface area contributed by atoms with E-state index in [0.717, 1.165) is 137 Å². The first-order valence-electron chi connectivity index (χ1n) is 41.1. The number of ether oxygens (including phenoxy) is 4. The average molecular weight is 1550 g/mol. The van der Waals surface area contributed by atoms with Crippen LogP contribution in [-0.4, -0.2) is 126 Å². The zero-order valence-electron chi connectivity index (χ0n) is 67.8. The highest BCUT2D eigenvalue weighted by Gasteiger charge is 2.34. The number of fused-ring (bicyclic) bond motifs is 4. The van der Waals surface area contributed by atoms with Crippen molar-refractivity contribution in [3.05, 3.63) is 123 Å². The molecule has 0 amide bonds. The van der Waals surface area contributed by atoms with Crippen LogP contribution in [0, 0.1) is 23.7 Å². The van der Waals surface area contributed by atoms with Crippen molar-refractivity contribution in [1.82, 2.24) is 78.2 Å². The van der Waals surface area contributed by atoms with E-state index in [0.29, 0.717) is 98.4 Å². The third kappa shape index (κ3) is 18.5. The van der Waals surface area contributed by atoms with Crippen LogP contribution < -0.4 is 18.9 Å². The first-order chi connectivity index (χ1) is 54.3. The van der Waals surface area contributed by atoms with Gasteiger partial charge in [0.1, 0.15) is 46.1 Å². The van der Waals surface area contributed by atoms with Gasteiger partial charge in [0.25, 0.3) is 0 Å². The number of ketones is 4. The quantitative estimate of drug-likeness (QED) is 0.0774. The van der Waals surface area contributed by atoms with Gasteiger partial charge in [0, 0.05) is 182 Å². The lowest BCUT2D eigenvalue weighted by molar-refractivity contribution is -0.118. The highest BCUT2D eigenvalue weighted by atomic mass is 16.5. The lowest BCUT2D eigenvalue weighted by atomic mass is 9.96. The number of aryl methyl sites for hydroxylation is 5. The molecule has 4 aromatic carbocycles. The Morgan fingerprint density at radius 2 is 0.667 bits per heavy atom. The van der Waals surface area contributed by atoms with Crippen molar-refractivity contribution in [2.45, 2.75) is 239 Å². The van der Waals surface area contributed by atoms with Crippen molar-refractivity contribution in [2.24, 2.45) is 58.9 Å². The highest BCUT2D eigenvalue weighted by molar-refractivity contribution is 5.93. The normalized spacial score (nSPS) is 20.0. The molecule has 114 heavy (non-hydrogen) atoms. The van der Waals surface area contributed by atoms with Crippen molar-refractivity contribution in [1.29, 1.82) is 0 Å². The van der Waals surface area contributed by atoms with E-state index in [1.165, 1.54) is 64.2 Å². The predicted molar refractivity (Wildman–Crippen MR) is 444 cm³/mol. The molecule has 6 aliphatic carbocycles.